The highest BCUT2D eigenvalue weighted by atomic mass is 32.1. The number of hydrogen-bond donors (Lipinski definition) is 1. The number of anilines is 1. The number of nitrogen functional groups attached to an aromatic ring is 1. The smallest absolute Gasteiger partial charge is 0.203 e. The van der Waals surface area contributed by atoms with Crippen LogP contribution in [-0.4, -0.2) is 19.7 Å². The Hall–Kier alpha value is -2.46. The number of para-hydroxylation sites is 2. The van der Waals surface area contributed by atoms with Crippen LogP contribution in [0.2, 0.25) is 0 Å². The molecule has 6 nitrogen and oxygen atoms in total. The van der Waals surface area contributed by atoms with Gasteiger partial charge in [0.1, 0.15) is 10.8 Å². The summed E-state index contributed by atoms with van der Waals surface area (Å²) in [5, 5.41) is 18.0. The number of benzene rings is 1. The van der Waals surface area contributed by atoms with Crippen LogP contribution in [0.3, 0.4) is 0 Å². The summed E-state index contributed by atoms with van der Waals surface area (Å²) < 4.78 is 1.98. The Bertz CT molecular complexity index is 766. The van der Waals surface area contributed by atoms with E-state index in [0.29, 0.717) is 11.7 Å². The molecule has 0 bridgehead atoms. The van der Waals surface area contributed by atoms with Crippen molar-refractivity contribution in [3.05, 3.63) is 35.1 Å². The summed E-state index contributed by atoms with van der Waals surface area (Å²) in [6, 6.07) is 9.93. The summed E-state index contributed by atoms with van der Waals surface area (Å²) in [5.41, 5.74) is 7.45. The molecule has 0 amide bonds. The molecule has 3 rings (SSSR count). The molecule has 2 aromatic heterocycles. The van der Waals surface area contributed by atoms with Gasteiger partial charge in [-0.05, 0) is 12.1 Å². The molecule has 0 aliphatic carbocycles. The van der Waals surface area contributed by atoms with Crippen molar-refractivity contribution in [2.24, 2.45) is 0 Å². The lowest BCUT2D eigenvalue weighted by atomic mass is 10.3. The second-order valence-electron chi connectivity index (χ2n) is 3.97. The maximum Gasteiger partial charge on any atom is 0.203 e. The highest BCUT2D eigenvalue weighted by molar-refractivity contribution is 7.15. The summed E-state index contributed by atoms with van der Waals surface area (Å²) in [7, 11) is 0. The van der Waals surface area contributed by atoms with Crippen molar-refractivity contribution < 1.29 is 0 Å². The first kappa shape index (κ1) is 11.6. The van der Waals surface area contributed by atoms with Gasteiger partial charge in [0.05, 0.1) is 30.1 Å². The second-order valence-corrected chi connectivity index (χ2v) is 5.07. The number of fused-ring (bicyclic) bond motifs is 1. The molecule has 0 saturated heterocycles. The molecule has 1 aromatic carbocycles. The van der Waals surface area contributed by atoms with Gasteiger partial charge in [-0.15, -0.1) is 10.2 Å². The van der Waals surface area contributed by atoms with E-state index >= 15 is 0 Å². The minimum absolute atomic E-state index is 0.267. The first-order chi connectivity index (χ1) is 9.28. The van der Waals surface area contributed by atoms with Gasteiger partial charge in [-0.1, -0.05) is 23.5 Å². The molecule has 0 fully saturated rings. The van der Waals surface area contributed by atoms with Gasteiger partial charge in [-0.2, -0.15) is 5.26 Å². The Morgan fingerprint density at radius 1 is 1.32 bits per heavy atom. The number of rotatable bonds is 3. The van der Waals surface area contributed by atoms with Gasteiger partial charge in [0.2, 0.25) is 5.13 Å². The van der Waals surface area contributed by atoms with Gasteiger partial charge in [-0.3, -0.25) is 0 Å². The van der Waals surface area contributed by atoms with E-state index in [1.807, 2.05) is 28.8 Å². The number of imidazole rings is 1. The topological polar surface area (TPSA) is 93.4 Å². The molecule has 0 radical (unpaired) electrons. The monoisotopic (exact) mass is 270 g/mol. The number of hydrogen-bond acceptors (Lipinski definition) is 6. The zero-order chi connectivity index (χ0) is 13.2. The third kappa shape index (κ3) is 2.13. The fourth-order valence-corrected chi connectivity index (χ4v) is 2.57. The van der Waals surface area contributed by atoms with Crippen molar-refractivity contribution >= 4 is 27.5 Å². The van der Waals surface area contributed by atoms with E-state index in [2.05, 4.69) is 21.3 Å². The van der Waals surface area contributed by atoms with Crippen LogP contribution in [0.15, 0.2) is 24.3 Å². The van der Waals surface area contributed by atoms with Gasteiger partial charge in [0.15, 0.2) is 0 Å². The van der Waals surface area contributed by atoms with Crippen molar-refractivity contribution in [3.63, 3.8) is 0 Å². The number of nitrogens with zero attached hydrogens (tertiary/aromatic N) is 5. The van der Waals surface area contributed by atoms with E-state index < -0.39 is 0 Å². The number of nitriles is 1. The number of nitrogens with two attached hydrogens (primary N) is 1. The quantitative estimate of drug-likeness (QED) is 0.780. The first-order valence-electron chi connectivity index (χ1n) is 5.67. The van der Waals surface area contributed by atoms with Crippen LogP contribution in [-0.2, 0) is 13.0 Å². The zero-order valence-corrected chi connectivity index (χ0v) is 10.8. The molecule has 2 heterocycles. The van der Waals surface area contributed by atoms with Crippen LogP contribution in [0.4, 0.5) is 5.13 Å². The molecule has 0 saturated carbocycles. The van der Waals surface area contributed by atoms with Crippen molar-refractivity contribution in [2.45, 2.75) is 13.0 Å². The second kappa shape index (κ2) is 4.66. The standard InChI is InChI=1S/C12H10N6S/c13-6-5-10-15-8-3-1-2-4-9(8)18(10)7-11-16-17-12(14)19-11/h1-4H,5,7H2,(H2,14,17). The maximum absolute atomic E-state index is 8.89. The predicted octanol–water partition coefficient (Wildman–Crippen LogP) is 1.58. The van der Waals surface area contributed by atoms with Crippen molar-refractivity contribution in [3.8, 4) is 6.07 Å². The molecule has 0 unspecified atom stereocenters. The van der Waals surface area contributed by atoms with Gasteiger partial charge in [0, 0.05) is 0 Å². The van der Waals surface area contributed by atoms with Crippen LogP contribution in [0.1, 0.15) is 10.8 Å². The summed E-state index contributed by atoms with van der Waals surface area (Å²) >= 11 is 1.35. The highest BCUT2D eigenvalue weighted by Gasteiger charge is 2.12. The Balaban J connectivity index is 2.09. The fourth-order valence-electron chi connectivity index (χ4n) is 1.97. The van der Waals surface area contributed by atoms with Gasteiger partial charge >= 0.3 is 0 Å². The Kier molecular flexibility index (Phi) is 2.85. The zero-order valence-electron chi connectivity index (χ0n) is 9.95. The van der Waals surface area contributed by atoms with Crippen LogP contribution in [0.25, 0.3) is 11.0 Å². The van der Waals surface area contributed by atoms with E-state index in [0.717, 1.165) is 21.9 Å². The molecule has 0 aliphatic rings. The van der Waals surface area contributed by atoms with Crippen LogP contribution in [0.5, 0.6) is 0 Å². The number of aromatic nitrogens is 4. The lowest BCUT2D eigenvalue weighted by molar-refractivity contribution is 0.754. The van der Waals surface area contributed by atoms with E-state index in [4.69, 9.17) is 11.0 Å². The molecule has 0 atom stereocenters. The lowest BCUT2D eigenvalue weighted by Gasteiger charge is -2.04. The Morgan fingerprint density at radius 3 is 2.89 bits per heavy atom. The van der Waals surface area contributed by atoms with E-state index in [1.165, 1.54) is 11.3 Å². The van der Waals surface area contributed by atoms with E-state index in [-0.39, 0.29) is 6.42 Å². The minimum atomic E-state index is 0.267. The lowest BCUT2D eigenvalue weighted by Crippen LogP contribution is -2.04. The fraction of sp³-hybridized carbons (Fsp3) is 0.167. The molecule has 0 aliphatic heterocycles. The van der Waals surface area contributed by atoms with Gasteiger partial charge in [0.25, 0.3) is 0 Å². The SMILES string of the molecule is N#CCc1nc2ccccc2n1Cc1nnc(N)s1. The average molecular weight is 270 g/mol. The normalized spacial score (nSPS) is 10.7. The molecule has 19 heavy (non-hydrogen) atoms. The van der Waals surface area contributed by atoms with Crippen molar-refractivity contribution in [1.29, 1.82) is 5.26 Å². The van der Waals surface area contributed by atoms with E-state index in [9.17, 15) is 0 Å². The van der Waals surface area contributed by atoms with E-state index in [1.54, 1.807) is 0 Å². The first-order valence-corrected chi connectivity index (χ1v) is 6.48. The van der Waals surface area contributed by atoms with Crippen LogP contribution >= 0.6 is 11.3 Å². The molecule has 94 valence electrons. The van der Waals surface area contributed by atoms with Gasteiger partial charge in [-0.25, -0.2) is 4.98 Å². The Morgan fingerprint density at radius 2 is 2.16 bits per heavy atom. The maximum atomic E-state index is 8.89. The van der Waals surface area contributed by atoms with Crippen LogP contribution in [0, 0.1) is 11.3 Å². The summed E-state index contributed by atoms with van der Waals surface area (Å²) in [6.45, 7) is 0.534. The average Bonchev–Trinajstić information content (AvgIpc) is 2.96. The molecule has 3 aromatic rings. The molecular formula is C12H10N6S. The van der Waals surface area contributed by atoms with Crippen molar-refractivity contribution in [2.75, 3.05) is 5.73 Å². The third-order valence-corrected chi connectivity index (χ3v) is 3.48. The van der Waals surface area contributed by atoms with Crippen LogP contribution < -0.4 is 5.73 Å². The van der Waals surface area contributed by atoms with Crippen molar-refractivity contribution in [1.82, 2.24) is 19.7 Å². The highest BCUT2D eigenvalue weighted by Crippen LogP contribution is 2.20. The predicted molar refractivity (Wildman–Crippen MR) is 72.5 cm³/mol. The summed E-state index contributed by atoms with van der Waals surface area (Å²) in [4.78, 5) is 4.47. The van der Waals surface area contributed by atoms with Gasteiger partial charge < -0.3 is 10.3 Å². The Labute approximate surface area is 113 Å². The summed E-state index contributed by atoms with van der Waals surface area (Å²) in [5.74, 6) is 0.734. The molecule has 7 heteroatoms. The largest absolute Gasteiger partial charge is 0.374 e. The minimum Gasteiger partial charge on any atom is -0.374 e. The molecular weight excluding hydrogens is 260 g/mol. The molecule has 0 spiro atoms. The third-order valence-electron chi connectivity index (χ3n) is 2.75. The summed E-state index contributed by atoms with van der Waals surface area (Å²) in [6.07, 6.45) is 0.267. The molecule has 2 N–H and O–H groups in total.